The van der Waals surface area contributed by atoms with Gasteiger partial charge in [-0.25, -0.2) is 0 Å². The topological polar surface area (TPSA) is 21.3 Å². The molecular formula is C17H18N2O. The lowest BCUT2D eigenvalue weighted by Gasteiger charge is -2.38. The third-order valence-corrected chi connectivity index (χ3v) is 4.21. The first-order valence-electron chi connectivity index (χ1n) is 7.29. The molecule has 0 N–H and O–H groups in total. The van der Waals surface area contributed by atoms with Gasteiger partial charge < -0.3 is 13.9 Å². The van der Waals surface area contributed by atoms with Crippen LogP contribution in [-0.2, 0) is 0 Å². The first kappa shape index (κ1) is 11.6. The molecule has 0 aliphatic carbocycles. The Morgan fingerprint density at radius 2 is 1.90 bits per heavy atom. The van der Waals surface area contributed by atoms with Crippen molar-refractivity contribution in [2.45, 2.75) is 25.4 Å². The van der Waals surface area contributed by atoms with Crippen molar-refractivity contribution in [3.63, 3.8) is 0 Å². The summed E-state index contributed by atoms with van der Waals surface area (Å²) in [5, 5.41) is 1.18. The number of hydrogen-bond donors (Lipinski definition) is 0. The van der Waals surface area contributed by atoms with Gasteiger partial charge in [-0.05, 0) is 43.5 Å². The summed E-state index contributed by atoms with van der Waals surface area (Å²) in [7, 11) is 0. The predicted octanol–water partition coefficient (Wildman–Crippen LogP) is 4.42. The van der Waals surface area contributed by atoms with E-state index in [1.807, 2.05) is 6.07 Å². The number of anilines is 1. The van der Waals surface area contributed by atoms with Gasteiger partial charge >= 0.3 is 0 Å². The van der Waals surface area contributed by atoms with Gasteiger partial charge in [0.1, 0.15) is 6.17 Å². The van der Waals surface area contributed by atoms with Crippen molar-refractivity contribution in [2.75, 3.05) is 11.4 Å². The summed E-state index contributed by atoms with van der Waals surface area (Å²) >= 11 is 0. The molecule has 0 spiro atoms. The Balaban J connectivity index is 1.80. The average molecular weight is 266 g/mol. The molecule has 2 aromatic heterocycles. The highest BCUT2D eigenvalue weighted by Gasteiger charge is 2.25. The van der Waals surface area contributed by atoms with E-state index in [2.05, 4.69) is 52.2 Å². The minimum atomic E-state index is 0.398. The van der Waals surface area contributed by atoms with Gasteiger partial charge in [-0.2, -0.15) is 0 Å². The van der Waals surface area contributed by atoms with Crippen molar-refractivity contribution < 1.29 is 4.42 Å². The molecule has 0 bridgehead atoms. The Labute approximate surface area is 118 Å². The van der Waals surface area contributed by atoms with Gasteiger partial charge in [-0.1, -0.05) is 12.1 Å². The minimum absolute atomic E-state index is 0.398. The van der Waals surface area contributed by atoms with Crippen LogP contribution >= 0.6 is 0 Å². The van der Waals surface area contributed by atoms with Gasteiger partial charge in [0.2, 0.25) is 0 Å². The van der Waals surface area contributed by atoms with Gasteiger partial charge in [0.25, 0.3) is 0 Å². The molecule has 1 saturated heterocycles. The lowest BCUT2D eigenvalue weighted by atomic mass is 10.1. The first-order valence-corrected chi connectivity index (χ1v) is 7.29. The Morgan fingerprint density at radius 1 is 1.00 bits per heavy atom. The van der Waals surface area contributed by atoms with E-state index in [1.165, 1.54) is 30.3 Å². The van der Waals surface area contributed by atoms with Crippen molar-refractivity contribution in [3.8, 4) is 0 Å². The van der Waals surface area contributed by atoms with E-state index in [9.17, 15) is 0 Å². The largest absolute Gasteiger partial charge is 0.462 e. The number of para-hydroxylation sites is 1. The molecule has 102 valence electrons. The van der Waals surface area contributed by atoms with Crippen LogP contribution in [0.25, 0.3) is 11.0 Å². The normalized spacial score (nSPS) is 19.6. The molecule has 3 heteroatoms. The quantitative estimate of drug-likeness (QED) is 0.684. The second-order valence-electron chi connectivity index (χ2n) is 5.42. The maximum atomic E-state index is 5.72. The van der Waals surface area contributed by atoms with Crippen LogP contribution in [0.4, 0.5) is 5.69 Å². The van der Waals surface area contributed by atoms with Gasteiger partial charge in [0.15, 0.2) is 5.58 Å². The fourth-order valence-electron chi connectivity index (χ4n) is 3.25. The second kappa shape index (κ2) is 4.75. The number of benzene rings is 1. The molecule has 1 aliphatic heterocycles. The van der Waals surface area contributed by atoms with Gasteiger partial charge in [-0.3, -0.25) is 0 Å². The first-order chi connectivity index (χ1) is 9.93. The Hall–Kier alpha value is -2.16. The lowest BCUT2D eigenvalue weighted by Crippen LogP contribution is -2.36. The Kier molecular flexibility index (Phi) is 2.76. The zero-order chi connectivity index (χ0) is 13.4. The number of fused-ring (bicyclic) bond motifs is 1. The lowest BCUT2D eigenvalue weighted by molar-refractivity contribution is 0.376. The third-order valence-electron chi connectivity index (χ3n) is 4.21. The van der Waals surface area contributed by atoms with Gasteiger partial charge in [0.05, 0.1) is 12.0 Å². The van der Waals surface area contributed by atoms with Crippen LogP contribution in [0.3, 0.4) is 0 Å². The summed E-state index contributed by atoms with van der Waals surface area (Å²) < 4.78 is 8.02. The van der Waals surface area contributed by atoms with Crippen LogP contribution in [0.2, 0.25) is 0 Å². The van der Waals surface area contributed by atoms with Gasteiger partial charge in [-0.15, -0.1) is 0 Å². The molecule has 1 aliphatic rings. The summed E-state index contributed by atoms with van der Waals surface area (Å²) in [6.45, 7) is 1.09. The van der Waals surface area contributed by atoms with Crippen LogP contribution in [-0.4, -0.2) is 11.1 Å². The molecule has 1 aromatic carbocycles. The highest BCUT2D eigenvalue weighted by Crippen LogP contribution is 2.36. The average Bonchev–Trinajstić information content (AvgIpc) is 3.18. The molecule has 20 heavy (non-hydrogen) atoms. The summed E-state index contributed by atoms with van der Waals surface area (Å²) in [4.78, 5) is 2.48. The molecule has 0 radical (unpaired) electrons. The predicted molar refractivity (Wildman–Crippen MR) is 80.9 cm³/mol. The molecule has 3 nitrogen and oxygen atoms in total. The standard InChI is InChI=1S/C17H18N2O/c1-2-12-19(16(8-1)18-10-3-4-11-18)15-7-5-6-14-9-13-20-17(14)15/h3-7,9-11,13,16H,1-2,8,12H2. The van der Waals surface area contributed by atoms with E-state index in [-0.39, 0.29) is 0 Å². The number of furan rings is 1. The van der Waals surface area contributed by atoms with Crippen LogP contribution in [0, 0.1) is 0 Å². The maximum absolute atomic E-state index is 5.72. The molecule has 3 aromatic rings. The summed E-state index contributed by atoms with van der Waals surface area (Å²) in [5.41, 5.74) is 2.22. The zero-order valence-corrected chi connectivity index (χ0v) is 11.4. The molecule has 1 atom stereocenters. The number of hydrogen-bond acceptors (Lipinski definition) is 2. The molecule has 0 amide bonds. The van der Waals surface area contributed by atoms with Crippen LogP contribution in [0.5, 0.6) is 0 Å². The van der Waals surface area contributed by atoms with E-state index in [1.54, 1.807) is 6.26 Å². The zero-order valence-electron chi connectivity index (χ0n) is 11.4. The van der Waals surface area contributed by atoms with Crippen molar-refractivity contribution >= 4 is 16.7 Å². The van der Waals surface area contributed by atoms with Crippen LogP contribution in [0.1, 0.15) is 25.4 Å². The Bertz CT molecular complexity index is 699. The van der Waals surface area contributed by atoms with E-state index >= 15 is 0 Å². The number of piperidine rings is 1. The van der Waals surface area contributed by atoms with Crippen LogP contribution in [0.15, 0.2) is 59.5 Å². The molecule has 3 heterocycles. The van der Waals surface area contributed by atoms with E-state index in [4.69, 9.17) is 4.42 Å². The minimum Gasteiger partial charge on any atom is -0.462 e. The molecular weight excluding hydrogens is 248 g/mol. The van der Waals surface area contributed by atoms with E-state index < -0.39 is 0 Å². The molecule has 1 unspecified atom stereocenters. The highest BCUT2D eigenvalue weighted by atomic mass is 16.3. The summed E-state index contributed by atoms with van der Waals surface area (Å²) in [6, 6.07) is 12.6. The van der Waals surface area contributed by atoms with Crippen molar-refractivity contribution in [1.29, 1.82) is 0 Å². The monoisotopic (exact) mass is 266 g/mol. The Morgan fingerprint density at radius 3 is 2.80 bits per heavy atom. The fraction of sp³-hybridized carbons (Fsp3) is 0.294. The summed E-state index contributed by atoms with van der Waals surface area (Å²) in [5.74, 6) is 0. The highest BCUT2D eigenvalue weighted by molar-refractivity contribution is 5.89. The molecule has 0 saturated carbocycles. The number of aromatic nitrogens is 1. The van der Waals surface area contributed by atoms with Crippen molar-refractivity contribution in [3.05, 3.63) is 55.1 Å². The van der Waals surface area contributed by atoms with Crippen molar-refractivity contribution in [2.24, 2.45) is 0 Å². The third kappa shape index (κ3) is 1.82. The molecule has 1 fully saturated rings. The SMILES string of the molecule is c1cc(N2CCCCC2n2cccc2)c2occc2c1. The maximum Gasteiger partial charge on any atom is 0.157 e. The fourth-order valence-corrected chi connectivity index (χ4v) is 3.25. The number of nitrogens with zero attached hydrogens (tertiary/aromatic N) is 2. The van der Waals surface area contributed by atoms with Crippen molar-refractivity contribution in [1.82, 2.24) is 4.57 Å². The van der Waals surface area contributed by atoms with Crippen LogP contribution < -0.4 is 4.90 Å². The molecule has 4 rings (SSSR count). The second-order valence-corrected chi connectivity index (χ2v) is 5.42. The van der Waals surface area contributed by atoms with E-state index in [0.29, 0.717) is 6.17 Å². The van der Waals surface area contributed by atoms with Gasteiger partial charge in [0, 0.05) is 24.3 Å². The number of rotatable bonds is 2. The summed E-state index contributed by atoms with van der Waals surface area (Å²) in [6.07, 6.45) is 10.2. The smallest absolute Gasteiger partial charge is 0.157 e. The van der Waals surface area contributed by atoms with E-state index in [0.717, 1.165) is 12.1 Å².